The van der Waals surface area contributed by atoms with Crippen LogP contribution in [0.25, 0.3) is 11.0 Å². The van der Waals surface area contributed by atoms with E-state index in [1.54, 1.807) is 0 Å². The lowest BCUT2D eigenvalue weighted by Gasteiger charge is -2.24. The Labute approximate surface area is 107 Å². The van der Waals surface area contributed by atoms with Gasteiger partial charge in [0.2, 0.25) is 6.08 Å². The molecule has 1 aliphatic carbocycles. The lowest BCUT2D eigenvalue weighted by atomic mass is 9.87. The predicted octanol–water partition coefficient (Wildman–Crippen LogP) is 3.82. The Balaban J connectivity index is 2.31. The van der Waals surface area contributed by atoms with Crippen molar-refractivity contribution in [2.45, 2.75) is 31.2 Å². The largest absolute Gasteiger partial charge is 0.464 e. The molecular weight excluding hydrogens is 252 g/mol. The minimum atomic E-state index is -1.11. The fraction of sp³-hybridized carbons (Fsp3) is 0.357. The Morgan fingerprint density at radius 1 is 1.32 bits per heavy atom. The molecule has 1 heterocycles. The van der Waals surface area contributed by atoms with Gasteiger partial charge in [0, 0.05) is 6.07 Å². The third-order valence-electron chi connectivity index (χ3n) is 3.80. The fourth-order valence-electron chi connectivity index (χ4n) is 2.93. The Kier molecular flexibility index (Phi) is 2.72. The van der Waals surface area contributed by atoms with Crippen LogP contribution < -0.4 is 0 Å². The number of rotatable bonds is 2. The summed E-state index contributed by atoms with van der Waals surface area (Å²) in [6.07, 6.45) is 5.26. The van der Waals surface area contributed by atoms with Crippen molar-refractivity contribution >= 4 is 17.0 Å². The van der Waals surface area contributed by atoms with Gasteiger partial charge in [0.25, 0.3) is 0 Å². The highest BCUT2D eigenvalue weighted by atomic mass is 19.1. The summed E-state index contributed by atoms with van der Waals surface area (Å²) in [7, 11) is 0. The normalized spacial score (nSPS) is 17.6. The molecule has 98 valence electrons. The van der Waals surface area contributed by atoms with Crippen molar-refractivity contribution in [3.05, 3.63) is 35.6 Å². The van der Waals surface area contributed by atoms with Gasteiger partial charge < -0.3 is 4.42 Å². The maximum absolute atomic E-state index is 14.5. The number of nitrogens with zero attached hydrogens (tertiary/aromatic N) is 1. The molecule has 19 heavy (non-hydrogen) atoms. The number of benzene rings is 1. The highest BCUT2D eigenvalue weighted by Gasteiger charge is 2.41. The van der Waals surface area contributed by atoms with Crippen molar-refractivity contribution in [2.75, 3.05) is 0 Å². The van der Waals surface area contributed by atoms with E-state index in [1.807, 2.05) is 0 Å². The summed E-state index contributed by atoms with van der Waals surface area (Å²) in [5.74, 6) is -1.41. The third-order valence-corrected chi connectivity index (χ3v) is 3.80. The molecule has 0 atom stereocenters. The van der Waals surface area contributed by atoms with Gasteiger partial charge in [0.15, 0.2) is 0 Å². The molecule has 0 N–H and O–H groups in total. The molecule has 3 rings (SSSR count). The van der Waals surface area contributed by atoms with Crippen molar-refractivity contribution in [3.8, 4) is 0 Å². The van der Waals surface area contributed by atoms with E-state index in [-0.39, 0.29) is 16.5 Å². The molecule has 0 amide bonds. The number of hydrogen-bond acceptors (Lipinski definition) is 3. The zero-order chi connectivity index (χ0) is 13.5. The summed E-state index contributed by atoms with van der Waals surface area (Å²) in [6, 6.07) is 2.59. The van der Waals surface area contributed by atoms with E-state index in [9.17, 15) is 13.6 Å². The second-order valence-electron chi connectivity index (χ2n) is 4.82. The molecule has 3 nitrogen and oxygen atoms in total. The SMILES string of the molecule is O=C=NC1(c2c(F)cc3occc3c2F)CCCC1. The van der Waals surface area contributed by atoms with Crippen molar-refractivity contribution in [1.29, 1.82) is 0 Å². The third kappa shape index (κ3) is 1.70. The smallest absolute Gasteiger partial charge is 0.235 e. The maximum atomic E-state index is 14.5. The summed E-state index contributed by atoms with van der Waals surface area (Å²) in [5, 5.41) is 0.212. The van der Waals surface area contributed by atoms with Crippen LogP contribution in [-0.4, -0.2) is 6.08 Å². The van der Waals surface area contributed by atoms with Gasteiger partial charge in [-0.3, -0.25) is 0 Å². The van der Waals surface area contributed by atoms with Gasteiger partial charge >= 0.3 is 0 Å². The average Bonchev–Trinajstić information content (AvgIpc) is 2.99. The molecule has 1 aromatic carbocycles. The lowest BCUT2D eigenvalue weighted by Crippen LogP contribution is -2.22. The first-order chi connectivity index (χ1) is 9.18. The standard InChI is InChI=1S/C14H11F2NO2/c15-10-7-11-9(3-6-19-11)13(16)12(10)14(17-8-18)4-1-2-5-14/h3,6-7H,1-2,4-5H2. The van der Waals surface area contributed by atoms with Crippen LogP contribution >= 0.6 is 0 Å². The Morgan fingerprint density at radius 3 is 2.74 bits per heavy atom. The van der Waals surface area contributed by atoms with Gasteiger partial charge in [-0.05, 0) is 18.9 Å². The molecule has 0 bridgehead atoms. The number of hydrogen-bond donors (Lipinski definition) is 0. The van der Waals surface area contributed by atoms with Gasteiger partial charge in [-0.1, -0.05) is 12.8 Å². The van der Waals surface area contributed by atoms with Crippen molar-refractivity contribution in [1.82, 2.24) is 0 Å². The monoisotopic (exact) mass is 263 g/mol. The number of halogens is 2. The summed E-state index contributed by atoms with van der Waals surface area (Å²) in [6.45, 7) is 0. The zero-order valence-electron chi connectivity index (χ0n) is 10.1. The highest BCUT2D eigenvalue weighted by molar-refractivity contribution is 5.79. The summed E-state index contributed by atoms with van der Waals surface area (Å²) in [5.41, 5.74) is -1.09. The van der Waals surface area contributed by atoms with Crippen molar-refractivity contribution in [2.24, 2.45) is 4.99 Å². The van der Waals surface area contributed by atoms with E-state index in [4.69, 9.17) is 4.42 Å². The molecule has 0 radical (unpaired) electrons. The highest BCUT2D eigenvalue weighted by Crippen LogP contribution is 2.45. The van der Waals surface area contributed by atoms with Crippen LogP contribution in [0.4, 0.5) is 8.78 Å². The van der Waals surface area contributed by atoms with Crippen molar-refractivity contribution in [3.63, 3.8) is 0 Å². The summed E-state index contributed by atoms with van der Waals surface area (Å²) >= 11 is 0. The first-order valence-corrected chi connectivity index (χ1v) is 6.13. The van der Waals surface area contributed by atoms with Gasteiger partial charge in [0.05, 0.1) is 17.2 Å². The number of furan rings is 1. The number of carbonyl (C=O) groups excluding carboxylic acids is 1. The molecule has 1 saturated carbocycles. The summed E-state index contributed by atoms with van der Waals surface area (Å²) in [4.78, 5) is 14.3. The first kappa shape index (κ1) is 12.1. The van der Waals surface area contributed by atoms with E-state index >= 15 is 0 Å². The maximum Gasteiger partial charge on any atom is 0.235 e. The molecule has 1 fully saturated rings. The van der Waals surface area contributed by atoms with Crippen LogP contribution in [0.15, 0.2) is 27.8 Å². The quantitative estimate of drug-likeness (QED) is 0.610. The Hall–Kier alpha value is -2.00. The fourth-order valence-corrected chi connectivity index (χ4v) is 2.93. The molecule has 5 heteroatoms. The van der Waals surface area contributed by atoms with Crippen LogP contribution in [0.3, 0.4) is 0 Å². The van der Waals surface area contributed by atoms with E-state index in [1.165, 1.54) is 18.4 Å². The molecular formula is C14H11F2NO2. The van der Waals surface area contributed by atoms with Gasteiger partial charge in [-0.15, -0.1) is 0 Å². The molecule has 1 aromatic heterocycles. The van der Waals surface area contributed by atoms with Crippen LogP contribution in [0.2, 0.25) is 0 Å². The Morgan fingerprint density at radius 2 is 2.05 bits per heavy atom. The van der Waals surface area contributed by atoms with E-state index in [0.29, 0.717) is 12.8 Å². The predicted molar refractivity (Wildman–Crippen MR) is 64.4 cm³/mol. The van der Waals surface area contributed by atoms with Crippen molar-refractivity contribution < 1.29 is 18.0 Å². The van der Waals surface area contributed by atoms with E-state index in [2.05, 4.69) is 4.99 Å². The molecule has 0 unspecified atom stereocenters. The number of isocyanates is 1. The molecule has 1 aliphatic rings. The van der Waals surface area contributed by atoms with Gasteiger partial charge in [-0.25, -0.2) is 13.6 Å². The minimum absolute atomic E-state index is 0.137. The lowest BCUT2D eigenvalue weighted by molar-refractivity contribution is 0.406. The average molecular weight is 263 g/mol. The second kappa shape index (κ2) is 4.28. The minimum Gasteiger partial charge on any atom is -0.464 e. The van der Waals surface area contributed by atoms with Gasteiger partial charge in [-0.2, -0.15) is 4.99 Å². The van der Waals surface area contributed by atoms with Crippen LogP contribution in [0.5, 0.6) is 0 Å². The summed E-state index contributed by atoms with van der Waals surface area (Å²) < 4.78 is 33.7. The molecule has 2 aromatic rings. The van der Waals surface area contributed by atoms with Crippen LogP contribution in [-0.2, 0) is 10.3 Å². The second-order valence-corrected chi connectivity index (χ2v) is 4.82. The van der Waals surface area contributed by atoms with E-state index in [0.717, 1.165) is 18.9 Å². The molecule has 0 saturated heterocycles. The first-order valence-electron chi connectivity index (χ1n) is 6.13. The van der Waals surface area contributed by atoms with Crippen LogP contribution in [0.1, 0.15) is 31.2 Å². The van der Waals surface area contributed by atoms with Crippen LogP contribution in [0, 0.1) is 11.6 Å². The molecule has 0 spiro atoms. The van der Waals surface area contributed by atoms with E-state index < -0.39 is 17.2 Å². The number of aliphatic imine (C=N–C) groups is 1. The number of fused-ring (bicyclic) bond motifs is 1. The molecule has 0 aliphatic heterocycles. The zero-order valence-corrected chi connectivity index (χ0v) is 10.1. The topological polar surface area (TPSA) is 42.6 Å². The Bertz CT molecular complexity index is 680. The van der Waals surface area contributed by atoms with Gasteiger partial charge in [0.1, 0.15) is 22.8 Å².